The van der Waals surface area contributed by atoms with Crippen LogP contribution in [0.2, 0.25) is 0 Å². The molecule has 112 valence electrons. The first-order valence-electron chi connectivity index (χ1n) is 7.71. The van der Waals surface area contributed by atoms with E-state index in [1.807, 2.05) is 32.9 Å². The van der Waals surface area contributed by atoms with Gasteiger partial charge in [0.15, 0.2) is 0 Å². The maximum Gasteiger partial charge on any atom is 0.250 e. The van der Waals surface area contributed by atoms with E-state index in [0.717, 1.165) is 37.1 Å². The molecular weight excluding hydrogens is 264 g/mol. The summed E-state index contributed by atoms with van der Waals surface area (Å²) in [5, 5.41) is 0. The molecule has 2 atom stereocenters. The molecule has 2 heterocycles. The monoisotopic (exact) mass is 286 g/mol. The van der Waals surface area contributed by atoms with Gasteiger partial charge in [0, 0.05) is 12.2 Å². The lowest BCUT2D eigenvalue weighted by Crippen LogP contribution is -2.65. The van der Waals surface area contributed by atoms with Gasteiger partial charge in [0.2, 0.25) is 5.91 Å². The number of hydrogen-bond donors (Lipinski definition) is 0. The van der Waals surface area contributed by atoms with Crippen molar-refractivity contribution in [3.05, 3.63) is 29.3 Å². The van der Waals surface area contributed by atoms with Crippen LogP contribution in [0.5, 0.6) is 0 Å². The van der Waals surface area contributed by atoms with E-state index < -0.39 is 6.04 Å². The molecule has 2 saturated heterocycles. The van der Waals surface area contributed by atoms with Crippen LogP contribution in [0.25, 0.3) is 0 Å². The highest BCUT2D eigenvalue weighted by molar-refractivity contribution is 6.08. The average molecular weight is 286 g/mol. The van der Waals surface area contributed by atoms with E-state index in [0.29, 0.717) is 0 Å². The smallest absolute Gasteiger partial charge is 0.250 e. The van der Waals surface area contributed by atoms with Gasteiger partial charge in [-0.2, -0.15) is 0 Å². The van der Waals surface area contributed by atoms with Crippen molar-refractivity contribution < 1.29 is 9.59 Å². The van der Waals surface area contributed by atoms with Gasteiger partial charge in [-0.25, -0.2) is 0 Å². The third-order valence-electron chi connectivity index (χ3n) is 4.66. The molecule has 1 aromatic rings. The fourth-order valence-electron chi connectivity index (χ4n) is 3.56. The van der Waals surface area contributed by atoms with Gasteiger partial charge in [-0.15, -0.1) is 0 Å². The predicted molar refractivity (Wildman–Crippen MR) is 82.2 cm³/mol. The highest BCUT2D eigenvalue weighted by Crippen LogP contribution is 2.32. The molecule has 21 heavy (non-hydrogen) atoms. The van der Waals surface area contributed by atoms with Gasteiger partial charge >= 0.3 is 0 Å². The lowest BCUT2D eigenvalue weighted by molar-refractivity contribution is -0.147. The molecule has 0 bridgehead atoms. The zero-order valence-electron chi connectivity index (χ0n) is 12.9. The summed E-state index contributed by atoms with van der Waals surface area (Å²) in [6.45, 7) is 6.59. The number of carbonyl (C=O) groups excluding carboxylic acids is 2. The first-order chi connectivity index (χ1) is 10.0. The molecule has 2 amide bonds. The summed E-state index contributed by atoms with van der Waals surface area (Å²) in [5.74, 6) is 0.160. The molecular formula is C17H22N2O2. The van der Waals surface area contributed by atoms with Gasteiger partial charge in [-0.05, 0) is 51.7 Å². The van der Waals surface area contributed by atoms with Crippen molar-refractivity contribution in [1.82, 2.24) is 4.90 Å². The average Bonchev–Trinajstić information content (AvgIpc) is 2.47. The number of piperidine rings is 1. The second kappa shape index (κ2) is 5.17. The topological polar surface area (TPSA) is 40.6 Å². The second-order valence-electron chi connectivity index (χ2n) is 6.22. The fraction of sp³-hybridized carbons (Fsp3) is 0.529. The number of benzene rings is 1. The Hall–Kier alpha value is -1.84. The minimum Gasteiger partial charge on any atom is -0.329 e. The number of nitrogens with zero attached hydrogens (tertiary/aromatic N) is 2. The molecule has 4 heteroatoms. The summed E-state index contributed by atoms with van der Waals surface area (Å²) in [6.07, 6.45) is 2.82. The van der Waals surface area contributed by atoms with E-state index in [9.17, 15) is 9.59 Å². The quantitative estimate of drug-likeness (QED) is 0.795. The molecule has 2 unspecified atom stereocenters. The van der Waals surface area contributed by atoms with Gasteiger partial charge in [0.25, 0.3) is 5.91 Å². The maximum absolute atomic E-state index is 12.9. The van der Waals surface area contributed by atoms with E-state index in [1.165, 1.54) is 5.56 Å². The van der Waals surface area contributed by atoms with Crippen molar-refractivity contribution >= 4 is 17.5 Å². The van der Waals surface area contributed by atoms with E-state index in [1.54, 1.807) is 9.80 Å². The molecule has 0 spiro atoms. The van der Waals surface area contributed by atoms with Crippen LogP contribution in [0.1, 0.15) is 37.3 Å². The Morgan fingerprint density at radius 1 is 1.10 bits per heavy atom. The minimum atomic E-state index is -0.409. The van der Waals surface area contributed by atoms with Crippen LogP contribution >= 0.6 is 0 Å². The van der Waals surface area contributed by atoms with Crippen molar-refractivity contribution in [2.24, 2.45) is 0 Å². The Bertz CT molecular complexity index is 596. The molecule has 2 aliphatic rings. The number of piperazine rings is 1. The Labute approximate surface area is 125 Å². The number of rotatable bonds is 1. The molecule has 2 fully saturated rings. The van der Waals surface area contributed by atoms with Crippen molar-refractivity contribution in [3.63, 3.8) is 0 Å². The van der Waals surface area contributed by atoms with E-state index in [2.05, 4.69) is 6.07 Å². The van der Waals surface area contributed by atoms with Crippen LogP contribution in [-0.4, -0.2) is 35.3 Å². The first-order valence-corrected chi connectivity index (χ1v) is 7.71. The van der Waals surface area contributed by atoms with Gasteiger partial charge in [-0.3, -0.25) is 14.5 Å². The van der Waals surface area contributed by atoms with Crippen molar-refractivity contribution in [2.75, 3.05) is 11.4 Å². The molecule has 0 saturated carbocycles. The van der Waals surface area contributed by atoms with Gasteiger partial charge in [0.1, 0.15) is 12.1 Å². The van der Waals surface area contributed by atoms with Crippen molar-refractivity contribution in [2.45, 2.75) is 52.1 Å². The van der Waals surface area contributed by atoms with Crippen LogP contribution in [0.3, 0.4) is 0 Å². The zero-order chi connectivity index (χ0) is 15.1. The first kappa shape index (κ1) is 14.1. The summed E-state index contributed by atoms with van der Waals surface area (Å²) in [6, 6.07) is 5.36. The third-order valence-corrected chi connectivity index (χ3v) is 4.66. The molecule has 2 aliphatic heterocycles. The molecule has 0 aromatic heterocycles. The van der Waals surface area contributed by atoms with Crippen LogP contribution in [0.4, 0.5) is 5.69 Å². The van der Waals surface area contributed by atoms with Crippen molar-refractivity contribution in [1.29, 1.82) is 0 Å². The zero-order valence-corrected chi connectivity index (χ0v) is 12.9. The molecule has 0 N–H and O–H groups in total. The normalized spacial score (nSPS) is 26.0. The standard InChI is InChI=1S/C17H22N2O2/c1-11-7-8-14(12(2)10-11)19-13(3)16(20)18-9-5-4-6-15(18)17(19)21/h7-8,10,13,15H,4-6,9H2,1-3H3. The Balaban J connectivity index is 2.01. The maximum atomic E-state index is 12.9. The number of hydrogen-bond acceptors (Lipinski definition) is 2. The van der Waals surface area contributed by atoms with E-state index in [-0.39, 0.29) is 17.9 Å². The molecule has 3 rings (SSSR count). The van der Waals surface area contributed by atoms with E-state index >= 15 is 0 Å². The predicted octanol–water partition coefficient (Wildman–Crippen LogP) is 2.42. The van der Waals surface area contributed by atoms with Crippen LogP contribution < -0.4 is 4.90 Å². The number of carbonyl (C=O) groups is 2. The van der Waals surface area contributed by atoms with Gasteiger partial charge in [-0.1, -0.05) is 17.7 Å². The molecule has 0 radical (unpaired) electrons. The lowest BCUT2D eigenvalue weighted by atomic mass is 9.94. The third kappa shape index (κ3) is 2.23. The highest BCUT2D eigenvalue weighted by atomic mass is 16.2. The fourth-order valence-corrected chi connectivity index (χ4v) is 3.56. The summed E-state index contributed by atoms with van der Waals surface area (Å²) in [5.41, 5.74) is 3.09. The van der Waals surface area contributed by atoms with Crippen LogP contribution in [0, 0.1) is 13.8 Å². The van der Waals surface area contributed by atoms with Crippen molar-refractivity contribution in [3.8, 4) is 0 Å². The summed E-state index contributed by atoms with van der Waals surface area (Å²) < 4.78 is 0. The second-order valence-corrected chi connectivity index (χ2v) is 6.22. The lowest BCUT2D eigenvalue weighted by Gasteiger charge is -2.46. The molecule has 0 aliphatic carbocycles. The largest absolute Gasteiger partial charge is 0.329 e. The Kier molecular flexibility index (Phi) is 3.47. The number of anilines is 1. The van der Waals surface area contributed by atoms with Crippen LogP contribution in [-0.2, 0) is 9.59 Å². The summed E-state index contributed by atoms with van der Waals surface area (Å²) in [7, 11) is 0. The number of amides is 2. The molecule has 1 aromatic carbocycles. The highest BCUT2D eigenvalue weighted by Gasteiger charge is 2.45. The summed E-state index contributed by atoms with van der Waals surface area (Å²) >= 11 is 0. The van der Waals surface area contributed by atoms with E-state index in [4.69, 9.17) is 0 Å². The molecule has 4 nitrogen and oxygen atoms in total. The Morgan fingerprint density at radius 3 is 2.57 bits per heavy atom. The SMILES string of the molecule is Cc1ccc(N2C(=O)C3CCCCN3C(=O)C2C)c(C)c1. The van der Waals surface area contributed by atoms with Gasteiger partial charge < -0.3 is 4.90 Å². The Morgan fingerprint density at radius 2 is 1.86 bits per heavy atom. The van der Waals surface area contributed by atoms with Gasteiger partial charge in [0.05, 0.1) is 0 Å². The summed E-state index contributed by atoms with van der Waals surface area (Å²) in [4.78, 5) is 29.0. The number of fused-ring (bicyclic) bond motifs is 1. The number of aryl methyl sites for hydroxylation is 2. The minimum absolute atomic E-state index is 0.0775. The van der Waals surface area contributed by atoms with Crippen LogP contribution in [0.15, 0.2) is 18.2 Å².